The lowest BCUT2D eigenvalue weighted by molar-refractivity contribution is 0.0773. The van der Waals surface area contributed by atoms with E-state index in [2.05, 4.69) is 5.10 Å². The summed E-state index contributed by atoms with van der Waals surface area (Å²) in [6.45, 7) is 3.43. The van der Waals surface area contributed by atoms with E-state index in [0.717, 1.165) is 30.6 Å². The number of likely N-dealkylation sites (tertiary alicyclic amines) is 1. The second-order valence-electron chi connectivity index (χ2n) is 7.05. The van der Waals surface area contributed by atoms with Crippen molar-refractivity contribution in [2.45, 2.75) is 25.8 Å². The molecule has 1 aromatic heterocycles. The van der Waals surface area contributed by atoms with E-state index < -0.39 is 0 Å². The maximum Gasteiger partial charge on any atom is 0.271 e. The summed E-state index contributed by atoms with van der Waals surface area (Å²) in [7, 11) is 0. The summed E-state index contributed by atoms with van der Waals surface area (Å²) in [5.74, 6) is 0.800. The molecule has 3 atom stereocenters. The molecule has 1 saturated heterocycles. The van der Waals surface area contributed by atoms with Crippen LogP contribution in [0.5, 0.6) is 0 Å². The van der Waals surface area contributed by atoms with Crippen LogP contribution in [0.4, 0.5) is 0 Å². The van der Waals surface area contributed by atoms with Gasteiger partial charge >= 0.3 is 0 Å². The number of aromatic amines is 1. The number of amides is 1. The molecule has 25 heavy (non-hydrogen) atoms. The Hall–Kier alpha value is -2.05. The van der Waals surface area contributed by atoms with E-state index >= 15 is 0 Å². The van der Waals surface area contributed by atoms with E-state index in [0.29, 0.717) is 24.1 Å². The van der Waals surface area contributed by atoms with Crippen molar-refractivity contribution in [2.24, 2.45) is 17.6 Å². The van der Waals surface area contributed by atoms with Crippen LogP contribution < -0.4 is 11.3 Å². The van der Waals surface area contributed by atoms with Crippen LogP contribution in [0.15, 0.2) is 35.1 Å². The lowest BCUT2D eigenvalue weighted by Gasteiger charge is -2.17. The Morgan fingerprint density at radius 1 is 1.20 bits per heavy atom. The Kier molecular flexibility index (Phi) is 4.75. The highest BCUT2D eigenvalue weighted by Crippen LogP contribution is 2.37. The summed E-state index contributed by atoms with van der Waals surface area (Å²) in [6.07, 6.45) is 2.15. The summed E-state index contributed by atoms with van der Waals surface area (Å²) in [5.41, 5.74) is 8.10. The Balaban J connectivity index is 0.00000182. The number of carbonyl (C=O) groups excluding carboxylic acids is 1. The molecule has 1 aromatic carbocycles. The van der Waals surface area contributed by atoms with Gasteiger partial charge in [-0.15, -0.1) is 12.4 Å². The van der Waals surface area contributed by atoms with Crippen LogP contribution in [0.25, 0.3) is 5.69 Å². The van der Waals surface area contributed by atoms with Crippen LogP contribution >= 0.6 is 12.4 Å². The van der Waals surface area contributed by atoms with Crippen molar-refractivity contribution in [1.29, 1.82) is 0 Å². The smallest absolute Gasteiger partial charge is 0.271 e. The molecule has 3 unspecified atom stereocenters. The molecule has 4 rings (SSSR count). The number of hydrogen-bond acceptors (Lipinski definition) is 3. The van der Waals surface area contributed by atoms with Gasteiger partial charge in [-0.25, -0.2) is 4.68 Å². The average Bonchev–Trinajstić information content (AvgIpc) is 3.24. The number of aryl methyl sites for hydroxylation is 1. The number of nitrogens with zero attached hydrogens (tertiary/aromatic N) is 2. The third-order valence-corrected chi connectivity index (χ3v) is 5.44. The van der Waals surface area contributed by atoms with E-state index in [9.17, 15) is 9.59 Å². The second kappa shape index (κ2) is 6.69. The highest BCUT2D eigenvalue weighted by Gasteiger charge is 2.42. The first kappa shape index (κ1) is 17.8. The van der Waals surface area contributed by atoms with E-state index in [1.807, 2.05) is 36.1 Å². The normalized spacial score (nSPS) is 24.9. The van der Waals surface area contributed by atoms with E-state index in [1.165, 1.54) is 10.7 Å². The third kappa shape index (κ3) is 3.12. The Bertz CT molecular complexity index is 826. The number of fused-ring (bicyclic) bond motifs is 1. The van der Waals surface area contributed by atoms with Crippen molar-refractivity contribution in [3.05, 3.63) is 51.9 Å². The fourth-order valence-electron chi connectivity index (χ4n) is 4.03. The number of rotatable bonds is 2. The van der Waals surface area contributed by atoms with Crippen LogP contribution in [0.1, 0.15) is 28.9 Å². The van der Waals surface area contributed by atoms with Crippen LogP contribution in [-0.2, 0) is 0 Å². The molecule has 1 aliphatic carbocycles. The molecule has 1 aliphatic heterocycles. The van der Waals surface area contributed by atoms with Gasteiger partial charge in [-0.1, -0.05) is 17.7 Å². The number of halogens is 1. The molecule has 0 bridgehead atoms. The van der Waals surface area contributed by atoms with Gasteiger partial charge in [0.15, 0.2) is 0 Å². The standard InChI is InChI=1S/C18H22N4O2.ClH/c1-11-2-5-13(6-3-11)22-17(23)8-16(20-22)18(24)21-9-12-4-7-15(19)14(12)10-21;/h2-3,5-6,8,12,14-15,20H,4,7,9-10,19H2,1H3;1H. The molecule has 2 heterocycles. The molecular weight excluding hydrogens is 340 g/mol. The van der Waals surface area contributed by atoms with Crippen molar-refractivity contribution in [3.63, 3.8) is 0 Å². The number of hydrogen-bond donors (Lipinski definition) is 2. The molecule has 1 saturated carbocycles. The zero-order valence-electron chi connectivity index (χ0n) is 14.1. The van der Waals surface area contributed by atoms with Crippen molar-refractivity contribution in [2.75, 3.05) is 13.1 Å². The first-order chi connectivity index (χ1) is 11.5. The molecular formula is C18H23ClN4O2. The largest absolute Gasteiger partial charge is 0.337 e. The zero-order chi connectivity index (χ0) is 16.8. The summed E-state index contributed by atoms with van der Waals surface area (Å²) in [5, 5.41) is 2.95. The number of nitrogens with two attached hydrogens (primary N) is 1. The van der Waals surface area contributed by atoms with Gasteiger partial charge in [0, 0.05) is 25.2 Å². The van der Waals surface area contributed by atoms with E-state index in [4.69, 9.17) is 5.73 Å². The van der Waals surface area contributed by atoms with E-state index in [-0.39, 0.29) is 29.9 Å². The summed E-state index contributed by atoms with van der Waals surface area (Å²) in [6, 6.07) is 9.18. The molecule has 2 aromatic rings. The van der Waals surface area contributed by atoms with Crippen molar-refractivity contribution >= 4 is 18.3 Å². The first-order valence-electron chi connectivity index (χ1n) is 8.47. The van der Waals surface area contributed by atoms with Gasteiger partial charge in [0.2, 0.25) is 0 Å². The minimum absolute atomic E-state index is 0. The fourth-order valence-corrected chi connectivity index (χ4v) is 4.03. The average molecular weight is 363 g/mol. The van der Waals surface area contributed by atoms with Crippen molar-refractivity contribution in [3.8, 4) is 5.69 Å². The molecule has 1 amide bonds. The number of aromatic nitrogens is 2. The summed E-state index contributed by atoms with van der Waals surface area (Å²) < 4.78 is 1.41. The van der Waals surface area contributed by atoms with Crippen molar-refractivity contribution < 1.29 is 4.79 Å². The van der Waals surface area contributed by atoms with Crippen LogP contribution in [-0.4, -0.2) is 39.7 Å². The molecule has 6 nitrogen and oxygen atoms in total. The molecule has 7 heteroatoms. The molecule has 3 N–H and O–H groups in total. The van der Waals surface area contributed by atoms with Gasteiger partial charge in [0.05, 0.1) is 5.69 Å². The zero-order valence-corrected chi connectivity index (χ0v) is 15.0. The van der Waals surface area contributed by atoms with Gasteiger partial charge in [0.25, 0.3) is 11.5 Å². The van der Waals surface area contributed by atoms with Gasteiger partial charge in [-0.2, -0.15) is 0 Å². The first-order valence-corrected chi connectivity index (χ1v) is 8.47. The van der Waals surface area contributed by atoms with Gasteiger partial charge < -0.3 is 10.6 Å². The second-order valence-corrected chi connectivity index (χ2v) is 7.05. The Labute approximate surface area is 152 Å². The fraction of sp³-hybridized carbons (Fsp3) is 0.444. The quantitative estimate of drug-likeness (QED) is 0.852. The maximum absolute atomic E-state index is 12.7. The summed E-state index contributed by atoms with van der Waals surface area (Å²) >= 11 is 0. The number of benzene rings is 1. The summed E-state index contributed by atoms with van der Waals surface area (Å²) in [4.78, 5) is 26.8. The van der Waals surface area contributed by atoms with Crippen LogP contribution in [0.2, 0.25) is 0 Å². The lowest BCUT2D eigenvalue weighted by Crippen LogP contribution is -2.33. The highest BCUT2D eigenvalue weighted by molar-refractivity contribution is 5.92. The molecule has 2 aliphatic rings. The molecule has 2 fully saturated rings. The topological polar surface area (TPSA) is 84.1 Å². The molecule has 0 radical (unpaired) electrons. The molecule has 0 spiro atoms. The van der Waals surface area contributed by atoms with Crippen molar-refractivity contribution in [1.82, 2.24) is 14.7 Å². The van der Waals surface area contributed by atoms with E-state index in [1.54, 1.807) is 0 Å². The Morgan fingerprint density at radius 2 is 1.92 bits per heavy atom. The minimum Gasteiger partial charge on any atom is -0.337 e. The number of carbonyl (C=O) groups is 1. The SMILES string of the molecule is Cc1ccc(-n2[nH]c(C(=O)N3CC4CCC(N)C4C3)cc2=O)cc1.Cl. The van der Waals surface area contributed by atoms with Crippen LogP contribution in [0.3, 0.4) is 0 Å². The van der Waals surface area contributed by atoms with Crippen LogP contribution in [0, 0.1) is 18.8 Å². The number of nitrogens with one attached hydrogen (secondary N) is 1. The lowest BCUT2D eigenvalue weighted by atomic mass is 9.98. The predicted octanol–water partition coefficient (Wildman–Crippen LogP) is 1.71. The minimum atomic E-state index is -0.224. The van der Waals surface area contributed by atoms with Gasteiger partial charge in [-0.3, -0.25) is 14.7 Å². The number of H-pyrrole nitrogens is 1. The monoisotopic (exact) mass is 362 g/mol. The van der Waals surface area contributed by atoms with Gasteiger partial charge in [-0.05, 0) is 43.7 Å². The highest BCUT2D eigenvalue weighted by atomic mass is 35.5. The Morgan fingerprint density at radius 3 is 2.60 bits per heavy atom. The van der Waals surface area contributed by atoms with Gasteiger partial charge in [0.1, 0.15) is 5.69 Å². The maximum atomic E-state index is 12.7. The third-order valence-electron chi connectivity index (χ3n) is 5.44. The molecule has 134 valence electrons. The predicted molar refractivity (Wildman–Crippen MR) is 98.5 cm³/mol.